The molecule has 5 rings (SSSR count). The highest BCUT2D eigenvalue weighted by atomic mass is 79.9. The van der Waals surface area contributed by atoms with Crippen molar-refractivity contribution in [1.29, 1.82) is 0 Å². The minimum atomic E-state index is -0.287. The maximum absolute atomic E-state index is 13.1. The van der Waals surface area contributed by atoms with E-state index in [0.717, 1.165) is 15.4 Å². The van der Waals surface area contributed by atoms with Crippen LogP contribution in [0.4, 0.5) is 5.69 Å². The van der Waals surface area contributed by atoms with E-state index < -0.39 is 0 Å². The summed E-state index contributed by atoms with van der Waals surface area (Å²) in [5.41, 5.74) is 2.87. The molecule has 0 bridgehead atoms. The van der Waals surface area contributed by atoms with Crippen molar-refractivity contribution in [3.05, 3.63) is 100 Å². The predicted octanol–water partition coefficient (Wildman–Crippen LogP) is 6.35. The van der Waals surface area contributed by atoms with Gasteiger partial charge in [-0.25, -0.2) is 0 Å². The zero-order chi connectivity index (χ0) is 21.4. The maximum Gasteiger partial charge on any atom is 0.230 e. The van der Waals surface area contributed by atoms with Crippen molar-refractivity contribution in [2.75, 3.05) is 5.32 Å². The molecule has 31 heavy (non-hydrogen) atoms. The SMILES string of the molecule is O=C(Cc1coc2ccc(Br)cc12)Nc1c(C(=O)c2ccccc2)oc2ccccc12. The third-order valence-corrected chi connectivity index (χ3v) is 5.56. The van der Waals surface area contributed by atoms with Gasteiger partial charge in [0.15, 0.2) is 5.76 Å². The van der Waals surface area contributed by atoms with E-state index in [0.29, 0.717) is 27.8 Å². The molecule has 0 aliphatic rings. The number of halogens is 1. The Morgan fingerprint density at radius 2 is 1.65 bits per heavy atom. The number of carbonyl (C=O) groups excluding carboxylic acids is 2. The smallest absolute Gasteiger partial charge is 0.230 e. The molecule has 1 amide bonds. The lowest BCUT2D eigenvalue weighted by Gasteiger charge is -2.06. The van der Waals surface area contributed by atoms with Crippen LogP contribution in [0.15, 0.2) is 92.4 Å². The summed E-state index contributed by atoms with van der Waals surface area (Å²) < 4.78 is 12.3. The molecule has 0 spiro atoms. The Labute approximate surface area is 185 Å². The molecule has 0 fully saturated rings. The summed E-state index contributed by atoms with van der Waals surface area (Å²) in [6, 6.07) is 21.8. The van der Waals surface area contributed by atoms with Crippen molar-refractivity contribution in [2.45, 2.75) is 6.42 Å². The number of carbonyl (C=O) groups is 2. The Balaban J connectivity index is 1.50. The fraction of sp³-hybridized carbons (Fsp3) is 0.0400. The first-order chi connectivity index (χ1) is 15.1. The second-order valence-electron chi connectivity index (χ2n) is 7.12. The van der Waals surface area contributed by atoms with Gasteiger partial charge in [-0.15, -0.1) is 0 Å². The average Bonchev–Trinajstić information content (AvgIpc) is 3.35. The second-order valence-corrected chi connectivity index (χ2v) is 8.04. The molecule has 0 radical (unpaired) electrons. The van der Waals surface area contributed by atoms with Gasteiger partial charge in [-0.3, -0.25) is 9.59 Å². The van der Waals surface area contributed by atoms with Crippen LogP contribution in [0, 0.1) is 0 Å². The van der Waals surface area contributed by atoms with Crippen LogP contribution >= 0.6 is 15.9 Å². The van der Waals surface area contributed by atoms with Gasteiger partial charge in [-0.2, -0.15) is 0 Å². The van der Waals surface area contributed by atoms with Gasteiger partial charge in [0.2, 0.25) is 11.7 Å². The van der Waals surface area contributed by atoms with E-state index in [1.54, 1.807) is 36.6 Å². The molecular weight excluding hydrogens is 458 g/mol. The zero-order valence-electron chi connectivity index (χ0n) is 16.2. The number of fused-ring (bicyclic) bond motifs is 2. The summed E-state index contributed by atoms with van der Waals surface area (Å²) in [5.74, 6) is -0.443. The number of nitrogens with one attached hydrogen (secondary N) is 1. The Morgan fingerprint density at radius 1 is 0.871 bits per heavy atom. The molecule has 0 saturated carbocycles. The summed E-state index contributed by atoms with van der Waals surface area (Å²) in [7, 11) is 0. The maximum atomic E-state index is 13.1. The Morgan fingerprint density at radius 3 is 2.48 bits per heavy atom. The van der Waals surface area contributed by atoms with Crippen LogP contribution in [0.5, 0.6) is 0 Å². The number of para-hydroxylation sites is 1. The molecule has 0 aliphatic carbocycles. The Hall–Kier alpha value is -3.64. The van der Waals surface area contributed by atoms with Crippen molar-refractivity contribution >= 4 is 55.2 Å². The number of furan rings is 2. The van der Waals surface area contributed by atoms with E-state index in [4.69, 9.17) is 8.83 Å². The van der Waals surface area contributed by atoms with Crippen molar-refractivity contribution in [1.82, 2.24) is 0 Å². The van der Waals surface area contributed by atoms with Gasteiger partial charge in [-0.1, -0.05) is 58.4 Å². The summed E-state index contributed by atoms with van der Waals surface area (Å²) in [6.45, 7) is 0. The van der Waals surface area contributed by atoms with E-state index >= 15 is 0 Å². The molecular formula is C25H16BrNO4. The van der Waals surface area contributed by atoms with Crippen molar-refractivity contribution < 1.29 is 18.4 Å². The molecule has 0 saturated heterocycles. The summed E-state index contributed by atoms with van der Waals surface area (Å²) in [4.78, 5) is 26.0. The molecule has 0 aliphatic heterocycles. The molecule has 0 unspecified atom stereocenters. The predicted molar refractivity (Wildman–Crippen MR) is 122 cm³/mol. The van der Waals surface area contributed by atoms with Crippen LogP contribution in [-0.4, -0.2) is 11.7 Å². The van der Waals surface area contributed by atoms with E-state index in [2.05, 4.69) is 21.2 Å². The normalized spacial score (nSPS) is 11.1. The van der Waals surface area contributed by atoms with E-state index in [1.807, 2.05) is 42.5 Å². The molecule has 6 heteroatoms. The molecule has 1 N–H and O–H groups in total. The van der Waals surface area contributed by atoms with Crippen molar-refractivity contribution in [3.8, 4) is 0 Å². The second kappa shape index (κ2) is 7.89. The number of amides is 1. The van der Waals surface area contributed by atoms with Crippen molar-refractivity contribution in [2.24, 2.45) is 0 Å². The molecule has 152 valence electrons. The highest BCUT2D eigenvalue weighted by molar-refractivity contribution is 9.10. The lowest BCUT2D eigenvalue weighted by Crippen LogP contribution is -2.16. The molecule has 5 nitrogen and oxygen atoms in total. The number of anilines is 1. The van der Waals surface area contributed by atoms with Crippen LogP contribution in [-0.2, 0) is 11.2 Å². The van der Waals surface area contributed by atoms with Crippen molar-refractivity contribution in [3.63, 3.8) is 0 Å². The van der Waals surface area contributed by atoms with Gasteiger partial charge in [0, 0.05) is 26.4 Å². The monoisotopic (exact) mass is 473 g/mol. The third kappa shape index (κ3) is 3.66. The lowest BCUT2D eigenvalue weighted by atomic mass is 10.1. The topological polar surface area (TPSA) is 72.5 Å². The van der Waals surface area contributed by atoms with Crippen LogP contribution in [0.3, 0.4) is 0 Å². The Kier molecular flexibility index (Phi) is 4.92. The molecule has 5 aromatic rings. The van der Waals surface area contributed by atoms with Gasteiger partial charge in [0.1, 0.15) is 11.2 Å². The largest absolute Gasteiger partial charge is 0.464 e. The molecule has 2 aromatic heterocycles. The quantitative estimate of drug-likeness (QED) is 0.301. The Bertz CT molecular complexity index is 1430. The number of ketones is 1. The number of rotatable bonds is 5. The molecule has 2 heterocycles. The lowest BCUT2D eigenvalue weighted by molar-refractivity contribution is -0.115. The van der Waals surface area contributed by atoms with Crippen LogP contribution in [0.1, 0.15) is 21.7 Å². The highest BCUT2D eigenvalue weighted by Gasteiger charge is 2.23. The van der Waals surface area contributed by atoms with Gasteiger partial charge >= 0.3 is 0 Å². The zero-order valence-corrected chi connectivity index (χ0v) is 17.8. The molecule has 0 atom stereocenters. The van der Waals surface area contributed by atoms with Gasteiger partial charge in [0.05, 0.1) is 18.4 Å². The highest BCUT2D eigenvalue weighted by Crippen LogP contribution is 2.33. The number of benzene rings is 3. The number of hydrogen-bond acceptors (Lipinski definition) is 4. The van der Waals surface area contributed by atoms with Crippen LogP contribution in [0.25, 0.3) is 21.9 Å². The van der Waals surface area contributed by atoms with E-state index in [9.17, 15) is 9.59 Å². The minimum absolute atomic E-state index is 0.0991. The average molecular weight is 474 g/mol. The van der Waals surface area contributed by atoms with Crippen LogP contribution < -0.4 is 5.32 Å². The standard InChI is InChI=1S/C25H16BrNO4/c26-17-10-11-20-19(13-17)16(14-30-20)12-22(28)27-23-18-8-4-5-9-21(18)31-25(23)24(29)15-6-2-1-3-7-15/h1-11,13-14H,12H2,(H,27,28). The first-order valence-electron chi connectivity index (χ1n) is 9.67. The summed E-state index contributed by atoms with van der Waals surface area (Å²) in [6.07, 6.45) is 1.68. The van der Waals surface area contributed by atoms with Gasteiger partial charge in [0.25, 0.3) is 0 Å². The number of hydrogen-bond donors (Lipinski definition) is 1. The van der Waals surface area contributed by atoms with Gasteiger partial charge < -0.3 is 14.2 Å². The fourth-order valence-corrected chi connectivity index (χ4v) is 3.96. The minimum Gasteiger partial charge on any atom is -0.464 e. The van der Waals surface area contributed by atoms with E-state index in [-0.39, 0.29) is 23.9 Å². The first-order valence-corrected chi connectivity index (χ1v) is 10.5. The molecule has 3 aromatic carbocycles. The summed E-state index contributed by atoms with van der Waals surface area (Å²) in [5, 5.41) is 4.43. The third-order valence-electron chi connectivity index (χ3n) is 5.07. The summed E-state index contributed by atoms with van der Waals surface area (Å²) >= 11 is 3.45. The fourth-order valence-electron chi connectivity index (χ4n) is 3.60. The van der Waals surface area contributed by atoms with E-state index in [1.165, 1.54) is 0 Å². The van der Waals surface area contributed by atoms with Gasteiger partial charge in [-0.05, 0) is 30.3 Å². The van der Waals surface area contributed by atoms with Crippen LogP contribution in [0.2, 0.25) is 0 Å². The first kappa shape index (κ1) is 19.3.